The summed E-state index contributed by atoms with van der Waals surface area (Å²) in [5.74, 6) is -0.962. The molecule has 1 N–H and O–H groups in total. The van der Waals surface area contributed by atoms with E-state index < -0.39 is 11.9 Å². The molecule has 2 aromatic carbocycles. The summed E-state index contributed by atoms with van der Waals surface area (Å²) in [6.45, 7) is 4.91. The topological polar surface area (TPSA) is 72.8 Å². The van der Waals surface area contributed by atoms with Crippen molar-refractivity contribution in [3.05, 3.63) is 54.1 Å². The molecule has 23 heavy (non-hydrogen) atoms. The molecule has 2 rings (SSSR count). The summed E-state index contributed by atoms with van der Waals surface area (Å²) >= 11 is 0. The Morgan fingerprint density at radius 2 is 1.65 bits per heavy atom. The first-order chi connectivity index (χ1) is 10.5. The van der Waals surface area contributed by atoms with Gasteiger partial charge in [-0.2, -0.15) is 0 Å². The van der Waals surface area contributed by atoms with Crippen molar-refractivity contribution in [2.45, 2.75) is 6.92 Å². The van der Waals surface area contributed by atoms with Crippen molar-refractivity contribution in [2.75, 3.05) is 13.2 Å². The molecule has 1 radical (unpaired) electrons. The van der Waals surface area contributed by atoms with Crippen LogP contribution in [0.25, 0.3) is 10.8 Å². The SMILES string of the molecule is C=C(C)C(=O)OCCOC(=O)c1cccc2c(O)cccc12.[Y]. The van der Waals surface area contributed by atoms with Crippen molar-refractivity contribution in [2.24, 2.45) is 0 Å². The van der Waals surface area contributed by atoms with E-state index in [1.807, 2.05) is 0 Å². The standard InChI is InChI=1S/C17H16O5.Y/c1-11(2)16(19)21-9-10-22-17(20)14-7-3-6-13-12(14)5-4-8-15(13)18;/h3-8,18H,1,9-10H2,2H3;. The van der Waals surface area contributed by atoms with Gasteiger partial charge in [0, 0.05) is 43.7 Å². The second-order valence-corrected chi connectivity index (χ2v) is 4.73. The first kappa shape index (κ1) is 19.3. The minimum atomic E-state index is -0.539. The molecular formula is C17H16O5Y. The Labute approximate surface area is 159 Å². The largest absolute Gasteiger partial charge is 0.507 e. The molecule has 0 aliphatic heterocycles. The van der Waals surface area contributed by atoms with Crippen molar-refractivity contribution in [1.29, 1.82) is 0 Å². The number of aromatic hydroxyl groups is 1. The number of rotatable bonds is 5. The van der Waals surface area contributed by atoms with Gasteiger partial charge < -0.3 is 14.6 Å². The van der Waals surface area contributed by atoms with Crippen LogP contribution in [0.3, 0.4) is 0 Å². The third-order valence-electron chi connectivity index (χ3n) is 3.02. The number of hydrogen-bond acceptors (Lipinski definition) is 5. The maximum atomic E-state index is 12.1. The van der Waals surface area contributed by atoms with Crippen molar-refractivity contribution in [1.82, 2.24) is 0 Å². The molecule has 117 valence electrons. The van der Waals surface area contributed by atoms with Gasteiger partial charge >= 0.3 is 11.9 Å². The zero-order chi connectivity index (χ0) is 16.1. The van der Waals surface area contributed by atoms with E-state index in [-0.39, 0.29) is 57.2 Å². The number of hydrogen-bond donors (Lipinski definition) is 1. The van der Waals surface area contributed by atoms with E-state index in [0.29, 0.717) is 16.3 Å². The van der Waals surface area contributed by atoms with Gasteiger partial charge in [0.1, 0.15) is 19.0 Å². The molecule has 0 atom stereocenters. The van der Waals surface area contributed by atoms with E-state index in [1.165, 1.54) is 6.92 Å². The van der Waals surface area contributed by atoms with Crippen LogP contribution in [0.2, 0.25) is 0 Å². The minimum Gasteiger partial charge on any atom is -0.507 e. The third kappa shape index (κ3) is 4.88. The fourth-order valence-corrected chi connectivity index (χ4v) is 1.94. The van der Waals surface area contributed by atoms with E-state index in [0.717, 1.165) is 0 Å². The van der Waals surface area contributed by atoms with E-state index in [2.05, 4.69) is 6.58 Å². The first-order valence-corrected chi connectivity index (χ1v) is 6.71. The molecule has 0 saturated carbocycles. The average molecular weight is 389 g/mol. The maximum absolute atomic E-state index is 12.1. The van der Waals surface area contributed by atoms with Crippen molar-refractivity contribution < 1.29 is 56.9 Å². The van der Waals surface area contributed by atoms with Gasteiger partial charge in [0.2, 0.25) is 0 Å². The fraction of sp³-hybridized carbons (Fsp3) is 0.176. The van der Waals surface area contributed by atoms with Gasteiger partial charge in [-0.05, 0) is 24.4 Å². The second kappa shape index (κ2) is 8.80. The van der Waals surface area contributed by atoms with Crippen LogP contribution < -0.4 is 0 Å². The van der Waals surface area contributed by atoms with E-state index in [4.69, 9.17) is 9.47 Å². The van der Waals surface area contributed by atoms with E-state index in [1.54, 1.807) is 36.4 Å². The van der Waals surface area contributed by atoms with Gasteiger partial charge in [-0.3, -0.25) is 0 Å². The second-order valence-electron chi connectivity index (χ2n) is 4.73. The van der Waals surface area contributed by atoms with Gasteiger partial charge in [0.05, 0.1) is 5.56 Å². The van der Waals surface area contributed by atoms with Crippen molar-refractivity contribution >= 4 is 22.7 Å². The van der Waals surface area contributed by atoms with Crippen LogP contribution in [0, 0.1) is 0 Å². The van der Waals surface area contributed by atoms with Crippen LogP contribution in [-0.4, -0.2) is 30.3 Å². The molecule has 2 aromatic rings. The van der Waals surface area contributed by atoms with Crippen LogP contribution >= 0.6 is 0 Å². The van der Waals surface area contributed by atoms with Gasteiger partial charge in [0.15, 0.2) is 0 Å². The summed E-state index contributed by atoms with van der Waals surface area (Å²) in [6.07, 6.45) is 0. The quantitative estimate of drug-likeness (QED) is 0.484. The summed E-state index contributed by atoms with van der Waals surface area (Å²) in [5, 5.41) is 11.0. The third-order valence-corrected chi connectivity index (χ3v) is 3.02. The van der Waals surface area contributed by atoms with Crippen LogP contribution in [0.4, 0.5) is 0 Å². The Hall–Kier alpha value is -1.72. The molecule has 0 aromatic heterocycles. The minimum absolute atomic E-state index is 0. The number of fused-ring (bicyclic) bond motifs is 1. The molecule has 0 aliphatic carbocycles. The van der Waals surface area contributed by atoms with Crippen LogP contribution in [-0.2, 0) is 47.0 Å². The Kier molecular flexibility index (Phi) is 7.39. The number of ether oxygens (including phenoxy) is 2. The zero-order valence-electron chi connectivity index (χ0n) is 12.7. The Morgan fingerprint density at radius 3 is 2.35 bits per heavy atom. The Bertz CT molecular complexity index is 739. The van der Waals surface area contributed by atoms with Gasteiger partial charge in [-0.25, -0.2) is 9.59 Å². The molecular weight excluding hydrogens is 373 g/mol. The zero-order valence-corrected chi connectivity index (χ0v) is 15.6. The van der Waals surface area contributed by atoms with E-state index >= 15 is 0 Å². The predicted molar refractivity (Wildman–Crippen MR) is 81.7 cm³/mol. The molecule has 0 heterocycles. The Morgan fingerprint density at radius 1 is 1.04 bits per heavy atom. The fourth-order valence-electron chi connectivity index (χ4n) is 1.94. The molecule has 0 amide bonds. The summed E-state index contributed by atoms with van der Waals surface area (Å²) < 4.78 is 9.92. The van der Waals surface area contributed by atoms with Crippen molar-refractivity contribution in [3.8, 4) is 5.75 Å². The maximum Gasteiger partial charge on any atom is 0.338 e. The number of benzene rings is 2. The molecule has 0 spiro atoms. The normalized spacial score (nSPS) is 9.78. The molecule has 0 aliphatic rings. The summed E-state index contributed by atoms with van der Waals surface area (Å²) in [5.41, 5.74) is 0.635. The smallest absolute Gasteiger partial charge is 0.338 e. The van der Waals surface area contributed by atoms with Crippen LogP contribution in [0.15, 0.2) is 48.6 Å². The molecule has 6 heteroatoms. The number of esters is 2. The van der Waals surface area contributed by atoms with Gasteiger partial charge in [0.25, 0.3) is 0 Å². The number of phenolic OH excluding ortho intramolecular Hbond substituents is 1. The molecule has 0 saturated heterocycles. The van der Waals surface area contributed by atoms with E-state index in [9.17, 15) is 14.7 Å². The monoisotopic (exact) mass is 389 g/mol. The first-order valence-electron chi connectivity index (χ1n) is 6.71. The Balaban J connectivity index is 0.00000264. The van der Waals surface area contributed by atoms with Crippen molar-refractivity contribution in [3.63, 3.8) is 0 Å². The molecule has 5 nitrogen and oxygen atoms in total. The van der Waals surface area contributed by atoms with Gasteiger partial charge in [-0.1, -0.05) is 30.8 Å². The average Bonchev–Trinajstić information content (AvgIpc) is 2.51. The number of carbonyl (C=O) groups excluding carboxylic acids is 2. The molecule has 0 fully saturated rings. The number of phenols is 1. The molecule has 0 bridgehead atoms. The van der Waals surface area contributed by atoms with Crippen LogP contribution in [0.1, 0.15) is 17.3 Å². The van der Waals surface area contributed by atoms with Crippen LogP contribution in [0.5, 0.6) is 5.75 Å². The summed E-state index contributed by atoms with van der Waals surface area (Å²) in [4.78, 5) is 23.3. The molecule has 0 unspecified atom stereocenters. The predicted octanol–water partition coefficient (Wildman–Crippen LogP) is 2.82. The summed E-state index contributed by atoms with van der Waals surface area (Å²) in [6, 6.07) is 9.93. The summed E-state index contributed by atoms with van der Waals surface area (Å²) in [7, 11) is 0. The van der Waals surface area contributed by atoms with Gasteiger partial charge in [-0.15, -0.1) is 0 Å². The number of carbonyl (C=O) groups is 2.